The van der Waals surface area contributed by atoms with Crippen LogP contribution in [0.3, 0.4) is 0 Å². The molecule has 0 radical (unpaired) electrons. The first-order chi connectivity index (χ1) is 14.0. The minimum absolute atomic E-state index is 0.112. The lowest BCUT2D eigenvalue weighted by atomic mass is 10.0. The summed E-state index contributed by atoms with van der Waals surface area (Å²) in [5.41, 5.74) is 1.40. The Morgan fingerprint density at radius 2 is 2.00 bits per heavy atom. The minimum atomic E-state index is -0.942. The molecule has 3 aliphatic rings. The summed E-state index contributed by atoms with van der Waals surface area (Å²) in [7, 11) is 2.09. The molecular weight excluding hydrogens is 374 g/mol. The molecule has 4 amide bonds. The molecule has 1 aromatic carbocycles. The molecule has 9 nitrogen and oxygen atoms in total. The van der Waals surface area contributed by atoms with Crippen LogP contribution in [0.1, 0.15) is 39.1 Å². The Kier molecular flexibility index (Phi) is 5.44. The average molecular weight is 399 g/mol. The van der Waals surface area contributed by atoms with Gasteiger partial charge in [0.25, 0.3) is 11.8 Å². The van der Waals surface area contributed by atoms with Gasteiger partial charge < -0.3 is 15.5 Å². The Bertz CT molecular complexity index is 870. The summed E-state index contributed by atoms with van der Waals surface area (Å²) in [5.74, 6) is -1.91. The number of hydrogen-bond donors (Lipinski definition) is 3. The van der Waals surface area contributed by atoms with E-state index in [9.17, 15) is 19.2 Å². The summed E-state index contributed by atoms with van der Waals surface area (Å²) in [5, 5.41) is 9.04. The van der Waals surface area contributed by atoms with Gasteiger partial charge in [-0.2, -0.15) is 0 Å². The van der Waals surface area contributed by atoms with Gasteiger partial charge in [0.1, 0.15) is 6.04 Å². The van der Waals surface area contributed by atoms with Gasteiger partial charge in [-0.25, -0.2) is 0 Å². The number of rotatable bonds is 5. The predicted molar refractivity (Wildman–Crippen MR) is 104 cm³/mol. The van der Waals surface area contributed by atoms with Crippen molar-refractivity contribution in [1.29, 1.82) is 0 Å². The molecular formula is C20H25N5O4. The number of piperidine rings is 1. The number of piperazine rings is 1. The SMILES string of the molecule is CN1CCNC(CNCc2cccc3c2C(=O)N(C2CCC(=O)NC2=O)C3=O)C1. The number of amides is 4. The van der Waals surface area contributed by atoms with Crippen LogP contribution in [-0.4, -0.2) is 78.7 Å². The van der Waals surface area contributed by atoms with Gasteiger partial charge in [0.05, 0.1) is 11.1 Å². The van der Waals surface area contributed by atoms with Crippen LogP contribution in [-0.2, 0) is 16.1 Å². The zero-order valence-electron chi connectivity index (χ0n) is 16.4. The first-order valence-corrected chi connectivity index (χ1v) is 9.92. The smallest absolute Gasteiger partial charge is 0.262 e. The minimum Gasteiger partial charge on any atom is -0.311 e. The molecule has 0 spiro atoms. The van der Waals surface area contributed by atoms with Crippen molar-refractivity contribution in [3.8, 4) is 0 Å². The van der Waals surface area contributed by atoms with Gasteiger partial charge in [0, 0.05) is 45.2 Å². The quantitative estimate of drug-likeness (QED) is 0.549. The van der Waals surface area contributed by atoms with Gasteiger partial charge in [-0.1, -0.05) is 12.1 Å². The van der Waals surface area contributed by atoms with E-state index >= 15 is 0 Å². The molecule has 2 fully saturated rings. The Morgan fingerprint density at radius 1 is 1.17 bits per heavy atom. The summed E-state index contributed by atoms with van der Waals surface area (Å²) in [6.07, 6.45) is 0.269. The van der Waals surface area contributed by atoms with Crippen molar-refractivity contribution in [1.82, 2.24) is 25.8 Å². The number of carbonyl (C=O) groups excluding carboxylic acids is 4. The fourth-order valence-corrected chi connectivity index (χ4v) is 4.24. The number of nitrogens with zero attached hydrogens (tertiary/aromatic N) is 2. The van der Waals surface area contributed by atoms with E-state index in [2.05, 4.69) is 27.9 Å². The summed E-state index contributed by atoms with van der Waals surface area (Å²) in [6.45, 7) is 4.11. The van der Waals surface area contributed by atoms with Crippen molar-refractivity contribution in [2.24, 2.45) is 0 Å². The van der Waals surface area contributed by atoms with Crippen LogP contribution in [0, 0.1) is 0 Å². The standard InChI is InChI=1S/C20H25N5O4/c1-24-8-7-22-13(11-24)10-21-9-12-3-2-4-14-17(12)20(29)25(19(14)28)15-5-6-16(26)23-18(15)27/h2-4,13,15,21-22H,5-11H2,1H3,(H,23,26,27). The van der Waals surface area contributed by atoms with Crippen LogP contribution < -0.4 is 16.0 Å². The first-order valence-electron chi connectivity index (χ1n) is 9.92. The van der Waals surface area contributed by atoms with Crippen LogP contribution in [0.2, 0.25) is 0 Å². The monoisotopic (exact) mass is 399 g/mol. The zero-order chi connectivity index (χ0) is 20.5. The molecule has 0 saturated carbocycles. The van der Waals surface area contributed by atoms with Gasteiger partial charge in [0.2, 0.25) is 11.8 Å². The van der Waals surface area contributed by atoms with Crippen LogP contribution in [0.15, 0.2) is 18.2 Å². The van der Waals surface area contributed by atoms with Crippen molar-refractivity contribution in [3.05, 3.63) is 34.9 Å². The second-order valence-corrected chi connectivity index (χ2v) is 7.83. The molecule has 29 heavy (non-hydrogen) atoms. The van der Waals surface area contributed by atoms with E-state index in [4.69, 9.17) is 0 Å². The van der Waals surface area contributed by atoms with Gasteiger partial charge in [-0.05, 0) is 25.1 Å². The highest BCUT2D eigenvalue weighted by Crippen LogP contribution is 2.29. The molecule has 9 heteroatoms. The van der Waals surface area contributed by atoms with Crippen LogP contribution >= 0.6 is 0 Å². The summed E-state index contributed by atoms with van der Waals surface area (Å²) in [4.78, 5) is 52.8. The predicted octanol–water partition coefficient (Wildman–Crippen LogP) is -0.919. The maximum atomic E-state index is 13.1. The second kappa shape index (κ2) is 8.02. The van der Waals surface area contributed by atoms with Crippen molar-refractivity contribution in [3.63, 3.8) is 0 Å². The molecule has 2 saturated heterocycles. The summed E-state index contributed by atoms with van der Waals surface area (Å²) in [6, 6.07) is 4.57. The number of carbonyl (C=O) groups is 4. The number of fused-ring (bicyclic) bond motifs is 1. The van der Waals surface area contributed by atoms with Gasteiger partial charge in [-0.15, -0.1) is 0 Å². The van der Waals surface area contributed by atoms with E-state index in [0.29, 0.717) is 23.7 Å². The van der Waals surface area contributed by atoms with E-state index in [1.165, 1.54) is 0 Å². The summed E-state index contributed by atoms with van der Waals surface area (Å²) >= 11 is 0. The Hall–Kier alpha value is -2.62. The van der Waals surface area contributed by atoms with E-state index in [1.807, 2.05) is 6.07 Å². The fourth-order valence-electron chi connectivity index (χ4n) is 4.24. The second-order valence-electron chi connectivity index (χ2n) is 7.83. The number of likely N-dealkylation sites (N-methyl/N-ethyl adjacent to an activating group) is 1. The van der Waals surface area contributed by atoms with Crippen molar-refractivity contribution < 1.29 is 19.2 Å². The molecule has 154 valence electrons. The fraction of sp³-hybridized carbons (Fsp3) is 0.500. The third-order valence-corrected chi connectivity index (χ3v) is 5.72. The first kappa shape index (κ1) is 19.7. The lowest BCUT2D eigenvalue weighted by Crippen LogP contribution is -2.54. The van der Waals surface area contributed by atoms with E-state index in [-0.39, 0.29) is 18.7 Å². The number of nitrogens with one attached hydrogen (secondary N) is 3. The molecule has 2 atom stereocenters. The van der Waals surface area contributed by atoms with Crippen LogP contribution in [0.5, 0.6) is 0 Å². The van der Waals surface area contributed by atoms with Crippen molar-refractivity contribution >= 4 is 23.6 Å². The molecule has 0 aromatic heterocycles. The Morgan fingerprint density at radius 3 is 2.76 bits per heavy atom. The lowest BCUT2D eigenvalue weighted by Gasteiger charge is -2.31. The lowest BCUT2D eigenvalue weighted by molar-refractivity contribution is -0.136. The average Bonchev–Trinajstić information content (AvgIpc) is 2.94. The molecule has 2 unspecified atom stereocenters. The highest BCUT2D eigenvalue weighted by Gasteiger charge is 2.45. The van der Waals surface area contributed by atoms with Gasteiger partial charge in [0.15, 0.2) is 0 Å². The molecule has 3 aliphatic heterocycles. The highest BCUT2D eigenvalue weighted by molar-refractivity contribution is 6.24. The largest absolute Gasteiger partial charge is 0.311 e. The third kappa shape index (κ3) is 3.81. The van der Waals surface area contributed by atoms with Crippen molar-refractivity contribution in [2.45, 2.75) is 31.5 Å². The zero-order valence-corrected chi connectivity index (χ0v) is 16.4. The Labute approximate surface area is 168 Å². The number of benzene rings is 1. The molecule has 0 bridgehead atoms. The van der Waals surface area contributed by atoms with Gasteiger partial charge >= 0.3 is 0 Å². The maximum Gasteiger partial charge on any atom is 0.262 e. The highest BCUT2D eigenvalue weighted by atomic mass is 16.2. The normalized spacial score (nSPS) is 25.3. The van der Waals surface area contributed by atoms with E-state index < -0.39 is 23.8 Å². The summed E-state index contributed by atoms with van der Waals surface area (Å²) < 4.78 is 0. The van der Waals surface area contributed by atoms with Crippen LogP contribution in [0.4, 0.5) is 0 Å². The molecule has 4 rings (SSSR count). The van der Waals surface area contributed by atoms with Crippen LogP contribution in [0.25, 0.3) is 0 Å². The van der Waals surface area contributed by atoms with Crippen molar-refractivity contribution in [2.75, 3.05) is 33.2 Å². The Balaban J connectivity index is 1.47. The maximum absolute atomic E-state index is 13.1. The molecule has 1 aromatic rings. The topological polar surface area (TPSA) is 111 Å². The third-order valence-electron chi connectivity index (χ3n) is 5.72. The molecule has 3 N–H and O–H groups in total. The molecule has 3 heterocycles. The molecule has 0 aliphatic carbocycles. The van der Waals surface area contributed by atoms with E-state index in [1.54, 1.807) is 12.1 Å². The van der Waals surface area contributed by atoms with Gasteiger partial charge in [-0.3, -0.25) is 29.4 Å². The number of imide groups is 2. The van der Waals surface area contributed by atoms with E-state index in [0.717, 1.165) is 36.6 Å². The number of hydrogen-bond acceptors (Lipinski definition) is 7.